The second-order valence-electron chi connectivity index (χ2n) is 2.57. The van der Waals surface area contributed by atoms with Crippen molar-refractivity contribution in [1.29, 1.82) is 0 Å². The Hall–Kier alpha value is -0.850. The van der Waals surface area contributed by atoms with E-state index in [1.54, 1.807) is 0 Å². The minimum Gasteiger partial charge on any atom is -0.328 e. The van der Waals surface area contributed by atoms with Gasteiger partial charge in [0.2, 0.25) is 8.03 Å². The normalized spacial score (nSPS) is 12.4. The van der Waals surface area contributed by atoms with Crippen molar-refractivity contribution in [1.82, 2.24) is 0 Å². The number of benzene rings is 1. The molecular weight excluding hydrogens is 183 g/mol. The van der Waals surface area contributed by atoms with Crippen molar-refractivity contribution in [3.8, 4) is 0 Å². The summed E-state index contributed by atoms with van der Waals surface area (Å²) >= 11 is 0. The van der Waals surface area contributed by atoms with Crippen molar-refractivity contribution in [2.24, 2.45) is 0 Å². The standard InChI is InChI=1S/C10H13O2P/c1-3-12-13(11)9(2)10-7-5-4-6-8-10/h4-8,13H,2-3H2,1H3. The molecule has 0 aliphatic rings. The molecule has 1 aromatic carbocycles. The van der Waals surface area contributed by atoms with Gasteiger partial charge in [-0.25, -0.2) is 0 Å². The van der Waals surface area contributed by atoms with Crippen molar-refractivity contribution in [3.63, 3.8) is 0 Å². The molecule has 0 bridgehead atoms. The van der Waals surface area contributed by atoms with Crippen molar-refractivity contribution in [2.45, 2.75) is 6.92 Å². The lowest BCUT2D eigenvalue weighted by Gasteiger charge is -2.04. The Morgan fingerprint density at radius 1 is 1.46 bits per heavy atom. The van der Waals surface area contributed by atoms with E-state index in [1.807, 2.05) is 37.3 Å². The predicted molar refractivity (Wildman–Crippen MR) is 56.1 cm³/mol. The van der Waals surface area contributed by atoms with E-state index in [1.165, 1.54) is 0 Å². The van der Waals surface area contributed by atoms with Gasteiger partial charge < -0.3 is 4.52 Å². The Labute approximate surface area is 79.1 Å². The first-order valence-electron chi connectivity index (χ1n) is 4.17. The largest absolute Gasteiger partial charge is 0.328 e. The lowest BCUT2D eigenvalue weighted by atomic mass is 10.2. The fourth-order valence-electron chi connectivity index (χ4n) is 0.975. The lowest BCUT2D eigenvalue weighted by Crippen LogP contribution is -1.81. The molecule has 1 aromatic rings. The van der Waals surface area contributed by atoms with E-state index in [0.29, 0.717) is 11.9 Å². The van der Waals surface area contributed by atoms with Crippen LogP contribution >= 0.6 is 8.03 Å². The smallest absolute Gasteiger partial charge is 0.220 e. The van der Waals surface area contributed by atoms with E-state index in [2.05, 4.69) is 6.58 Å². The summed E-state index contributed by atoms with van der Waals surface area (Å²) in [5.74, 6) is 0. The zero-order valence-corrected chi connectivity index (χ0v) is 8.62. The molecule has 0 aliphatic carbocycles. The highest BCUT2D eigenvalue weighted by atomic mass is 31.1. The Morgan fingerprint density at radius 3 is 2.62 bits per heavy atom. The summed E-state index contributed by atoms with van der Waals surface area (Å²) in [6, 6.07) is 9.45. The van der Waals surface area contributed by atoms with Gasteiger partial charge in [0.15, 0.2) is 0 Å². The van der Waals surface area contributed by atoms with Gasteiger partial charge in [-0.2, -0.15) is 0 Å². The quantitative estimate of drug-likeness (QED) is 0.691. The van der Waals surface area contributed by atoms with E-state index in [0.717, 1.165) is 5.56 Å². The second kappa shape index (κ2) is 5.00. The summed E-state index contributed by atoms with van der Waals surface area (Å²) in [5, 5.41) is 0.590. The first-order valence-corrected chi connectivity index (χ1v) is 5.48. The fraction of sp³-hybridized carbons (Fsp3) is 0.200. The summed E-state index contributed by atoms with van der Waals surface area (Å²) < 4.78 is 16.4. The Bertz CT molecular complexity index is 306. The molecule has 0 fully saturated rings. The van der Waals surface area contributed by atoms with E-state index in [-0.39, 0.29) is 0 Å². The Balaban J connectivity index is 2.74. The topological polar surface area (TPSA) is 26.3 Å². The van der Waals surface area contributed by atoms with Gasteiger partial charge in [-0.3, -0.25) is 4.57 Å². The maximum Gasteiger partial charge on any atom is 0.220 e. The van der Waals surface area contributed by atoms with Crippen LogP contribution in [0.5, 0.6) is 0 Å². The fourth-order valence-corrected chi connectivity index (χ4v) is 1.81. The van der Waals surface area contributed by atoms with E-state index < -0.39 is 8.03 Å². The van der Waals surface area contributed by atoms with Crippen LogP contribution in [0.2, 0.25) is 0 Å². The van der Waals surface area contributed by atoms with Crippen LogP contribution in [0.4, 0.5) is 0 Å². The van der Waals surface area contributed by atoms with Gasteiger partial charge in [0.25, 0.3) is 0 Å². The average molecular weight is 196 g/mol. The van der Waals surface area contributed by atoms with Gasteiger partial charge in [-0.15, -0.1) is 0 Å². The Kier molecular flexibility index (Phi) is 3.94. The monoisotopic (exact) mass is 196 g/mol. The minimum absolute atomic E-state index is 0.462. The van der Waals surface area contributed by atoms with Crippen LogP contribution in [0.15, 0.2) is 36.9 Å². The average Bonchev–Trinajstić information content (AvgIpc) is 2.18. The van der Waals surface area contributed by atoms with Gasteiger partial charge in [0, 0.05) is 5.31 Å². The molecule has 0 aromatic heterocycles. The summed E-state index contributed by atoms with van der Waals surface area (Å²) in [4.78, 5) is 0. The summed E-state index contributed by atoms with van der Waals surface area (Å²) in [6.45, 7) is 6.03. The highest BCUT2D eigenvalue weighted by Crippen LogP contribution is 2.39. The molecule has 0 saturated heterocycles. The van der Waals surface area contributed by atoms with Crippen molar-refractivity contribution < 1.29 is 9.09 Å². The molecule has 0 heterocycles. The molecule has 0 saturated carbocycles. The Morgan fingerprint density at radius 2 is 2.08 bits per heavy atom. The maximum absolute atomic E-state index is 11.4. The number of hydrogen-bond donors (Lipinski definition) is 0. The van der Waals surface area contributed by atoms with Gasteiger partial charge in [-0.1, -0.05) is 36.9 Å². The number of hydrogen-bond acceptors (Lipinski definition) is 2. The molecule has 1 unspecified atom stereocenters. The predicted octanol–water partition coefficient (Wildman–Crippen LogP) is 3.17. The van der Waals surface area contributed by atoms with Crippen LogP contribution in [0.3, 0.4) is 0 Å². The highest BCUT2D eigenvalue weighted by molar-refractivity contribution is 7.51. The van der Waals surface area contributed by atoms with Gasteiger partial charge in [-0.05, 0) is 12.5 Å². The molecule has 0 radical (unpaired) electrons. The molecular formula is C10H13O2P. The van der Waals surface area contributed by atoms with Gasteiger partial charge in [0.05, 0.1) is 6.61 Å². The highest BCUT2D eigenvalue weighted by Gasteiger charge is 2.05. The molecule has 70 valence electrons. The zero-order valence-electron chi connectivity index (χ0n) is 7.62. The molecule has 0 aliphatic heterocycles. The molecule has 0 amide bonds. The third kappa shape index (κ3) is 2.83. The van der Waals surface area contributed by atoms with E-state index in [9.17, 15) is 4.57 Å². The molecule has 1 atom stereocenters. The summed E-state index contributed by atoms with van der Waals surface area (Å²) in [5.41, 5.74) is 0.889. The molecule has 13 heavy (non-hydrogen) atoms. The number of rotatable bonds is 4. The van der Waals surface area contributed by atoms with E-state index in [4.69, 9.17) is 4.52 Å². The maximum atomic E-state index is 11.4. The first kappa shape index (κ1) is 10.2. The zero-order chi connectivity index (χ0) is 9.68. The summed E-state index contributed by atoms with van der Waals surface area (Å²) in [6.07, 6.45) is 0. The minimum atomic E-state index is -2.11. The second-order valence-corrected chi connectivity index (χ2v) is 4.03. The van der Waals surface area contributed by atoms with Gasteiger partial charge in [0.1, 0.15) is 0 Å². The molecule has 1 rings (SSSR count). The summed E-state index contributed by atoms with van der Waals surface area (Å²) in [7, 11) is -2.11. The van der Waals surface area contributed by atoms with Crippen molar-refractivity contribution in [3.05, 3.63) is 42.5 Å². The van der Waals surface area contributed by atoms with Crippen LogP contribution in [0.25, 0.3) is 5.31 Å². The van der Waals surface area contributed by atoms with Crippen LogP contribution in [-0.2, 0) is 9.09 Å². The van der Waals surface area contributed by atoms with Crippen LogP contribution in [-0.4, -0.2) is 6.61 Å². The van der Waals surface area contributed by atoms with E-state index >= 15 is 0 Å². The molecule has 2 nitrogen and oxygen atoms in total. The lowest BCUT2D eigenvalue weighted by molar-refractivity contribution is 0.358. The molecule has 0 N–H and O–H groups in total. The molecule has 3 heteroatoms. The van der Waals surface area contributed by atoms with Crippen molar-refractivity contribution in [2.75, 3.05) is 6.61 Å². The van der Waals surface area contributed by atoms with Crippen LogP contribution < -0.4 is 0 Å². The van der Waals surface area contributed by atoms with Gasteiger partial charge >= 0.3 is 0 Å². The van der Waals surface area contributed by atoms with Crippen molar-refractivity contribution >= 4 is 13.3 Å². The SMILES string of the molecule is C=C(c1ccccc1)[PH](=O)OCC. The third-order valence-corrected chi connectivity index (χ3v) is 2.98. The van der Waals surface area contributed by atoms with Crippen LogP contribution in [0, 0.1) is 0 Å². The third-order valence-electron chi connectivity index (χ3n) is 1.64. The molecule has 0 spiro atoms. The van der Waals surface area contributed by atoms with Crippen LogP contribution in [0.1, 0.15) is 12.5 Å². The first-order chi connectivity index (χ1) is 6.25.